The summed E-state index contributed by atoms with van der Waals surface area (Å²) >= 11 is 2.32. The molecule has 2 aromatic carbocycles. The highest BCUT2D eigenvalue weighted by atomic mass is 127. The van der Waals surface area contributed by atoms with Crippen LogP contribution in [0.3, 0.4) is 0 Å². The Morgan fingerprint density at radius 2 is 1.76 bits per heavy atom. The molecule has 4 heteroatoms. The smallest absolute Gasteiger partial charge is 0.127 e. The fourth-order valence-electron chi connectivity index (χ4n) is 2.33. The molecule has 0 heterocycles. The average Bonchev–Trinajstić information content (AvgIpc) is 2.53. The maximum Gasteiger partial charge on any atom is 0.127 e. The highest BCUT2D eigenvalue weighted by Crippen LogP contribution is 2.31. The van der Waals surface area contributed by atoms with Gasteiger partial charge in [0.15, 0.2) is 0 Å². The molecule has 0 amide bonds. The van der Waals surface area contributed by atoms with Gasteiger partial charge in [0.25, 0.3) is 0 Å². The van der Waals surface area contributed by atoms with Crippen LogP contribution in [0.1, 0.15) is 17.2 Å². The molecule has 1 unspecified atom stereocenters. The molecule has 0 aliphatic rings. The van der Waals surface area contributed by atoms with E-state index in [1.54, 1.807) is 14.2 Å². The summed E-state index contributed by atoms with van der Waals surface area (Å²) in [6, 6.07) is 14.8. The molecule has 21 heavy (non-hydrogen) atoms. The second-order valence-electron chi connectivity index (χ2n) is 4.78. The summed E-state index contributed by atoms with van der Waals surface area (Å²) in [5, 5.41) is 3.37. The average molecular weight is 397 g/mol. The van der Waals surface area contributed by atoms with Crippen LogP contribution in [0, 0.1) is 3.57 Å². The lowest BCUT2D eigenvalue weighted by Gasteiger charge is -2.20. The molecule has 0 saturated carbocycles. The molecule has 0 fully saturated rings. The van der Waals surface area contributed by atoms with Gasteiger partial charge in [-0.25, -0.2) is 0 Å². The van der Waals surface area contributed by atoms with Gasteiger partial charge in [0.05, 0.1) is 14.2 Å². The molecule has 3 nitrogen and oxygen atoms in total. The Morgan fingerprint density at radius 1 is 1.05 bits per heavy atom. The molecule has 0 aliphatic heterocycles. The van der Waals surface area contributed by atoms with Gasteiger partial charge in [0, 0.05) is 21.2 Å². The molecule has 2 rings (SSSR count). The summed E-state index contributed by atoms with van der Waals surface area (Å²) in [6.07, 6.45) is 0.913. The minimum absolute atomic E-state index is 0.200. The molecule has 0 aromatic heterocycles. The Labute approximate surface area is 139 Å². The lowest BCUT2D eigenvalue weighted by atomic mass is 9.98. The van der Waals surface area contributed by atoms with E-state index in [1.165, 1.54) is 9.13 Å². The molecule has 2 aromatic rings. The normalized spacial score (nSPS) is 12.0. The third-order valence-corrected chi connectivity index (χ3v) is 4.24. The number of ether oxygens (including phenoxy) is 2. The first-order valence-electron chi connectivity index (χ1n) is 6.81. The molecule has 0 radical (unpaired) electrons. The van der Waals surface area contributed by atoms with Crippen LogP contribution < -0.4 is 14.8 Å². The van der Waals surface area contributed by atoms with Crippen LogP contribution in [0.4, 0.5) is 0 Å². The van der Waals surface area contributed by atoms with E-state index in [-0.39, 0.29) is 6.04 Å². The number of benzene rings is 2. The van der Waals surface area contributed by atoms with Crippen molar-refractivity contribution in [2.45, 2.75) is 12.5 Å². The summed E-state index contributed by atoms with van der Waals surface area (Å²) in [6.45, 7) is 0. The first kappa shape index (κ1) is 16.1. The highest BCUT2D eigenvalue weighted by Gasteiger charge is 2.15. The van der Waals surface area contributed by atoms with Crippen molar-refractivity contribution in [1.82, 2.24) is 5.32 Å². The number of rotatable bonds is 6. The predicted octanol–water partition coefficient (Wildman–Crippen LogP) is 3.81. The van der Waals surface area contributed by atoms with E-state index in [9.17, 15) is 0 Å². The number of nitrogens with one attached hydrogen (secondary N) is 1. The Bertz CT molecular complexity index is 584. The van der Waals surface area contributed by atoms with Crippen LogP contribution in [0.2, 0.25) is 0 Å². The van der Waals surface area contributed by atoms with Crippen LogP contribution in [0.5, 0.6) is 11.5 Å². The quantitative estimate of drug-likeness (QED) is 0.753. The van der Waals surface area contributed by atoms with Crippen molar-refractivity contribution in [3.63, 3.8) is 0 Å². The van der Waals surface area contributed by atoms with Crippen molar-refractivity contribution in [2.75, 3.05) is 21.3 Å². The van der Waals surface area contributed by atoms with Gasteiger partial charge in [0.2, 0.25) is 0 Å². The van der Waals surface area contributed by atoms with Gasteiger partial charge in [-0.1, -0.05) is 18.2 Å². The van der Waals surface area contributed by atoms with Crippen molar-refractivity contribution in [3.8, 4) is 11.5 Å². The minimum Gasteiger partial charge on any atom is -0.497 e. The third kappa shape index (κ3) is 4.11. The summed E-state index contributed by atoms with van der Waals surface area (Å²) in [5.41, 5.74) is 2.44. The molecule has 0 spiro atoms. The van der Waals surface area contributed by atoms with Gasteiger partial charge in [0.1, 0.15) is 11.5 Å². The van der Waals surface area contributed by atoms with E-state index in [0.29, 0.717) is 0 Å². The lowest BCUT2D eigenvalue weighted by Crippen LogP contribution is -2.19. The maximum absolute atomic E-state index is 5.51. The van der Waals surface area contributed by atoms with Gasteiger partial charge in [-0.2, -0.15) is 0 Å². The van der Waals surface area contributed by atoms with Crippen LogP contribution in [0.25, 0.3) is 0 Å². The van der Waals surface area contributed by atoms with Crippen molar-refractivity contribution in [1.29, 1.82) is 0 Å². The summed E-state index contributed by atoms with van der Waals surface area (Å²) in [7, 11) is 5.33. The molecule has 0 saturated heterocycles. The van der Waals surface area contributed by atoms with Crippen LogP contribution >= 0.6 is 22.6 Å². The van der Waals surface area contributed by atoms with Crippen molar-refractivity contribution >= 4 is 22.6 Å². The fourth-order valence-corrected chi connectivity index (χ4v) is 2.69. The van der Waals surface area contributed by atoms with Gasteiger partial charge in [-0.3, -0.25) is 0 Å². The van der Waals surface area contributed by atoms with E-state index in [4.69, 9.17) is 9.47 Å². The fraction of sp³-hybridized carbons (Fsp3) is 0.294. The minimum atomic E-state index is 0.200. The van der Waals surface area contributed by atoms with Gasteiger partial charge >= 0.3 is 0 Å². The molecule has 1 N–H and O–H groups in total. The molecule has 0 aliphatic carbocycles. The first-order valence-corrected chi connectivity index (χ1v) is 7.89. The highest BCUT2D eigenvalue weighted by molar-refractivity contribution is 14.1. The first-order chi connectivity index (χ1) is 10.2. The molecule has 112 valence electrons. The SMILES string of the molecule is CNC(Cc1ccc(I)cc1)c1ccc(OC)cc1OC. The molecule has 1 atom stereocenters. The summed E-state index contributed by atoms with van der Waals surface area (Å²) in [5.74, 6) is 1.65. The topological polar surface area (TPSA) is 30.5 Å². The number of hydrogen-bond acceptors (Lipinski definition) is 3. The molecular weight excluding hydrogens is 377 g/mol. The second-order valence-corrected chi connectivity index (χ2v) is 6.03. The van der Waals surface area contributed by atoms with E-state index in [1.807, 2.05) is 19.2 Å². The Kier molecular flexibility index (Phi) is 5.87. The Hall–Kier alpha value is -1.27. The Balaban J connectivity index is 2.26. The molecule has 0 bridgehead atoms. The van der Waals surface area contributed by atoms with E-state index < -0.39 is 0 Å². The number of hydrogen-bond donors (Lipinski definition) is 1. The second kappa shape index (κ2) is 7.66. The van der Waals surface area contributed by atoms with E-state index >= 15 is 0 Å². The predicted molar refractivity (Wildman–Crippen MR) is 94.2 cm³/mol. The van der Waals surface area contributed by atoms with Crippen molar-refractivity contribution in [3.05, 3.63) is 57.2 Å². The maximum atomic E-state index is 5.51. The van der Waals surface area contributed by atoms with Crippen molar-refractivity contribution < 1.29 is 9.47 Å². The zero-order chi connectivity index (χ0) is 15.2. The van der Waals surface area contributed by atoms with Gasteiger partial charge in [-0.15, -0.1) is 0 Å². The number of methoxy groups -OCH3 is 2. The number of likely N-dealkylation sites (N-methyl/N-ethyl adjacent to an activating group) is 1. The third-order valence-electron chi connectivity index (χ3n) is 3.52. The van der Waals surface area contributed by atoms with Crippen molar-refractivity contribution in [2.24, 2.45) is 0 Å². The summed E-state index contributed by atoms with van der Waals surface area (Å²) < 4.78 is 12.0. The Morgan fingerprint density at radius 3 is 2.33 bits per heavy atom. The van der Waals surface area contributed by atoms with Gasteiger partial charge in [-0.05, 0) is 59.8 Å². The monoisotopic (exact) mass is 397 g/mol. The van der Waals surface area contributed by atoms with Crippen LogP contribution in [-0.2, 0) is 6.42 Å². The molecular formula is C17H20INO2. The number of halogens is 1. The van der Waals surface area contributed by atoms with Crippen LogP contribution in [0.15, 0.2) is 42.5 Å². The van der Waals surface area contributed by atoms with Gasteiger partial charge < -0.3 is 14.8 Å². The summed E-state index contributed by atoms with van der Waals surface area (Å²) in [4.78, 5) is 0. The standard InChI is InChI=1S/C17H20INO2/c1-19-16(10-12-4-6-13(18)7-5-12)15-9-8-14(20-2)11-17(15)21-3/h4-9,11,16,19H,10H2,1-3H3. The van der Waals surface area contributed by atoms with E-state index in [0.717, 1.165) is 23.5 Å². The van der Waals surface area contributed by atoms with E-state index in [2.05, 4.69) is 58.2 Å². The lowest BCUT2D eigenvalue weighted by molar-refractivity contribution is 0.385. The van der Waals surface area contributed by atoms with Crippen LogP contribution in [-0.4, -0.2) is 21.3 Å². The zero-order valence-electron chi connectivity index (χ0n) is 12.5. The zero-order valence-corrected chi connectivity index (χ0v) is 14.7. The largest absolute Gasteiger partial charge is 0.497 e.